The monoisotopic (exact) mass is 337 g/mol. The Labute approximate surface area is 143 Å². The molecule has 2 heterocycles. The molecule has 128 valence electrons. The summed E-state index contributed by atoms with van der Waals surface area (Å²) in [5.74, 6) is 0. The van der Waals surface area contributed by atoms with Crippen LogP contribution in [-0.4, -0.2) is 51.0 Å². The average molecular weight is 337 g/mol. The average Bonchev–Trinajstić information content (AvgIpc) is 3.00. The molecule has 4 rings (SSSR count). The van der Waals surface area contributed by atoms with Crippen LogP contribution in [0.2, 0.25) is 0 Å². The zero-order chi connectivity index (χ0) is 17.4. The second kappa shape index (κ2) is 6.40. The third-order valence-corrected chi connectivity index (χ3v) is 4.61. The van der Waals surface area contributed by atoms with Crippen LogP contribution < -0.4 is 5.43 Å². The van der Waals surface area contributed by atoms with Crippen molar-refractivity contribution in [1.82, 2.24) is 14.5 Å². The third-order valence-electron chi connectivity index (χ3n) is 4.61. The predicted octanol–water partition coefficient (Wildman–Crippen LogP) is 1.23. The lowest BCUT2D eigenvalue weighted by molar-refractivity contribution is 0.155. The van der Waals surface area contributed by atoms with Crippen LogP contribution in [0.25, 0.3) is 27.2 Å². The highest BCUT2D eigenvalue weighted by Gasteiger charge is 2.18. The highest BCUT2D eigenvalue weighted by molar-refractivity contribution is 6.03. The van der Waals surface area contributed by atoms with E-state index in [1.54, 1.807) is 0 Å². The summed E-state index contributed by atoms with van der Waals surface area (Å²) in [6.07, 6.45) is 0. The standard InChI is InChI=1S/C19H19N3O3/c23-10-8-21(9-11-24)12-16-13-5-3-6-15-18(13)22(20-16)17-7-2-1-4-14(17)19(15)25/h1-7,23-24H,8-12H2. The summed E-state index contributed by atoms with van der Waals surface area (Å²) in [5.41, 5.74) is 2.47. The van der Waals surface area contributed by atoms with E-state index in [0.29, 0.717) is 30.4 Å². The lowest BCUT2D eigenvalue weighted by atomic mass is 10.1. The van der Waals surface area contributed by atoms with Crippen LogP contribution in [0, 0.1) is 0 Å². The van der Waals surface area contributed by atoms with E-state index in [1.165, 1.54) is 0 Å². The summed E-state index contributed by atoms with van der Waals surface area (Å²) in [5, 5.41) is 25.5. The van der Waals surface area contributed by atoms with Crippen LogP contribution in [0.5, 0.6) is 0 Å². The van der Waals surface area contributed by atoms with Crippen molar-refractivity contribution in [3.8, 4) is 0 Å². The van der Waals surface area contributed by atoms with Crippen LogP contribution in [0.4, 0.5) is 0 Å². The van der Waals surface area contributed by atoms with Gasteiger partial charge in [0.05, 0.1) is 29.9 Å². The molecule has 0 amide bonds. The van der Waals surface area contributed by atoms with Gasteiger partial charge in [-0.2, -0.15) is 5.10 Å². The van der Waals surface area contributed by atoms with Crippen LogP contribution in [-0.2, 0) is 6.54 Å². The molecular formula is C19H19N3O3. The molecule has 0 aliphatic heterocycles. The fraction of sp³-hybridized carbons (Fsp3) is 0.263. The molecule has 0 spiro atoms. The number of rotatable bonds is 6. The lowest BCUT2D eigenvalue weighted by Gasteiger charge is -2.18. The van der Waals surface area contributed by atoms with E-state index in [9.17, 15) is 15.0 Å². The van der Waals surface area contributed by atoms with E-state index < -0.39 is 0 Å². The van der Waals surface area contributed by atoms with Gasteiger partial charge < -0.3 is 10.2 Å². The normalized spacial score (nSPS) is 12.1. The Morgan fingerprint density at radius 3 is 2.36 bits per heavy atom. The number of nitrogens with zero attached hydrogens (tertiary/aromatic N) is 3. The van der Waals surface area contributed by atoms with Gasteiger partial charge in [-0.1, -0.05) is 24.3 Å². The van der Waals surface area contributed by atoms with Gasteiger partial charge in [0, 0.05) is 35.8 Å². The maximum absolute atomic E-state index is 12.8. The van der Waals surface area contributed by atoms with Crippen molar-refractivity contribution in [2.45, 2.75) is 6.54 Å². The molecule has 0 atom stereocenters. The summed E-state index contributed by atoms with van der Waals surface area (Å²) in [6, 6.07) is 13.2. The molecule has 0 radical (unpaired) electrons. The number of hydrogen-bond acceptors (Lipinski definition) is 5. The van der Waals surface area contributed by atoms with Crippen LogP contribution >= 0.6 is 0 Å². The Hall–Kier alpha value is -2.54. The van der Waals surface area contributed by atoms with E-state index in [0.717, 1.165) is 22.1 Å². The molecule has 0 bridgehead atoms. The maximum Gasteiger partial charge on any atom is 0.197 e. The number of pyridine rings is 1. The van der Waals surface area contributed by atoms with Gasteiger partial charge in [0.25, 0.3) is 0 Å². The second-order valence-corrected chi connectivity index (χ2v) is 6.13. The molecule has 6 nitrogen and oxygen atoms in total. The molecule has 0 saturated heterocycles. The van der Waals surface area contributed by atoms with Gasteiger partial charge in [-0.05, 0) is 18.2 Å². The fourth-order valence-electron chi connectivity index (χ4n) is 3.46. The minimum absolute atomic E-state index is 0.0164. The van der Waals surface area contributed by atoms with Gasteiger partial charge in [0.15, 0.2) is 5.43 Å². The van der Waals surface area contributed by atoms with Crippen molar-refractivity contribution in [2.75, 3.05) is 26.3 Å². The fourth-order valence-corrected chi connectivity index (χ4v) is 3.46. The Morgan fingerprint density at radius 2 is 1.60 bits per heavy atom. The first-order chi connectivity index (χ1) is 12.2. The minimum atomic E-state index is 0.0164. The molecule has 0 aliphatic carbocycles. The van der Waals surface area contributed by atoms with Crippen LogP contribution in [0.15, 0.2) is 47.3 Å². The first-order valence-electron chi connectivity index (χ1n) is 8.33. The van der Waals surface area contributed by atoms with Gasteiger partial charge in [0.2, 0.25) is 0 Å². The minimum Gasteiger partial charge on any atom is -0.395 e. The summed E-state index contributed by atoms with van der Waals surface area (Å²) in [6.45, 7) is 1.47. The van der Waals surface area contributed by atoms with Crippen molar-refractivity contribution in [1.29, 1.82) is 0 Å². The summed E-state index contributed by atoms with van der Waals surface area (Å²) >= 11 is 0. The molecule has 2 aromatic heterocycles. The molecular weight excluding hydrogens is 318 g/mol. The number of aliphatic hydroxyl groups excluding tert-OH is 2. The van der Waals surface area contributed by atoms with Gasteiger partial charge in [0.1, 0.15) is 0 Å². The van der Waals surface area contributed by atoms with Crippen molar-refractivity contribution in [3.63, 3.8) is 0 Å². The molecule has 0 aliphatic rings. The van der Waals surface area contributed by atoms with E-state index >= 15 is 0 Å². The Kier molecular flexibility index (Phi) is 4.09. The van der Waals surface area contributed by atoms with Gasteiger partial charge in [-0.3, -0.25) is 9.69 Å². The van der Waals surface area contributed by atoms with Crippen molar-refractivity contribution < 1.29 is 10.2 Å². The Morgan fingerprint density at radius 1 is 0.920 bits per heavy atom. The molecule has 0 unspecified atom stereocenters. The van der Waals surface area contributed by atoms with Crippen molar-refractivity contribution >= 4 is 27.2 Å². The maximum atomic E-state index is 12.8. The first kappa shape index (κ1) is 16.0. The predicted molar refractivity (Wildman–Crippen MR) is 97.1 cm³/mol. The highest BCUT2D eigenvalue weighted by atomic mass is 16.3. The second-order valence-electron chi connectivity index (χ2n) is 6.13. The van der Waals surface area contributed by atoms with Crippen LogP contribution in [0.3, 0.4) is 0 Å². The number of para-hydroxylation sites is 2. The first-order valence-corrected chi connectivity index (χ1v) is 8.33. The molecule has 2 N–H and O–H groups in total. The molecule has 0 saturated carbocycles. The molecule has 2 aromatic carbocycles. The van der Waals surface area contributed by atoms with E-state index in [-0.39, 0.29) is 18.6 Å². The summed E-state index contributed by atoms with van der Waals surface area (Å²) in [4.78, 5) is 14.8. The zero-order valence-electron chi connectivity index (χ0n) is 13.7. The van der Waals surface area contributed by atoms with Gasteiger partial charge in [-0.15, -0.1) is 0 Å². The zero-order valence-corrected chi connectivity index (χ0v) is 13.7. The van der Waals surface area contributed by atoms with Gasteiger partial charge >= 0.3 is 0 Å². The van der Waals surface area contributed by atoms with E-state index in [1.807, 2.05) is 51.9 Å². The SMILES string of the molecule is O=c1c2ccccc2n2nc(CN(CCO)CCO)c3cccc1c32. The number of fused-ring (bicyclic) bond motifs is 2. The topological polar surface area (TPSA) is 78.1 Å². The van der Waals surface area contributed by atoms with E-state index in [4.69, 9.17) is 5.10 Å². The summed E-state index contributed by atoms with van der Waals surface area (Å²) in [7, 11) is 0. The molecule has 6 heteroatoms. The molecule has 0 fully saturated rings. The van der Waals surface area contributed by atoms with Crippen molar-refractivity contribution in [2.24, 2.45) is 0 Å². The lowest BCUT2D eigenvalue weighted by Crippen LogP contribution is -2.29. The third kappa shape index (κ3) is 2.55. The number of hydrogen-bond donors (Lipinski definition) is 2. The number of benzene rings is 2. The smallest absolute Gasteiger partial charge is 0.197 e. The van der Waals surface area contributed by atoms with Crippen LogP contribution in [0.1, 0.15) is 5.69 Å². The quantitative estimate of drug-likeness (QED) is 0.517. The Bertz CT molecular complexity index is 1080. The Balaban J connectivity index is 1.97. The molecule has 25 heavy (non-hydrogen) atoms. The number of aromatic nitrogens is 2. The van der Waals surface area contributed by atoms with Crippen molar-refractivity contribution in [3.05, 3.63) is 58.4 Å². The number of aliphatic hydroxyl groups is 2. The highest BCUT2D eigenvalue weighted by Crippen LogP contribution is 2.26. The summed E-state index contributed by atoms with van der Waals surface area (Å²) < 4.78 is 1.84. The molecule has 4 aromatic rings. The largest absolute Gasteiger partial charge is 0.395 e. The van der Waals surface area contributed by atoms with E-state index in [2.05, 4.69) is 0 Å². The van der Waals surface area contributed by atoms with Gasteiger partial charge in [-0.25, -0.2) is 4.52 Å².